The molecule has 4 rings (SSSR count). The van der Waals surface area contributed by atoms with Crippen molar-refractivity contribution >= 4 is 11.9 Å². The number of ether oxygens (including phenoxy) is 1. The Balaban J connectivity index is 1.62. The van der Waals surface area contributed by atoms with E-state index in [2.05, 4.69) is 15.4 Å². The highest BCUT2D eigenvalue weighted by Gasteiger charge is 2.18. The summed E-state index contributed by atoms with van der Waals surface area (Å²) in [6, 6.07) is 22.9. The molecule has 0 radical (unpaired) electrons. The summed E-state index contributed by atoms with van der Waals surface area (Å²) in [6.45, 7) is 0.375. The van der Waals surface area contributed by atoms with Crippen LogP contribution in [0, 0.1) is 5.82 Å². The Morgan fingerprint density at radius 2 is 1.68 bits per heavy atom. The normalized spacial score (nSPS) is 10.6. The maximum Gasteiger partial charge on any atom is 0.254 e. The van der Waals surface area contributed by atoms with E-state index in [1.807, 2.05) is 54.6 Å². The number of aromatic nitrogens is 3. The fourth-order valence-electron chi connectivity index (χ4n) is 3.09. The zero-order chi connectivity index (χ0) is 21.6. The summed E-state index contributed by atoms with van der Waals surface area (Å²) in [7, 11) is 1.60. The van der Waals surface area contributed by atoms with E-state index in [9.17, 15) is 9.18 Å². The molecule has 0 atom stereocenters. The van der Waals surface area contributed by atoms with Crippen molar-refractivity contribution in [2.45, 2.75) is 13.0 Å². The van der Waals surface area contributed by atoms with Gasteiger partial charge in [0.25, 0.3) is 5.91 Å². The monoisotopic (exact) mass is 416 g/mol. The third-order valence-electron chi connectivity index (χ3n) is 4.75. The van der Waals surface area contributed by atoms with E-state index < -0.39 is 0 Å². The third kappa shape index (κ3) is 4.95. The molecule has 1 aromatic heterocycles. The molecule has 0 spiro atoms. The van der Waals surface area contributed by atoms with Crippen LogP contribution in [0.5, 0.6) is 5.75 Å². The van der Waals surface area contributed by atoms with Crippen molar-refractivity contribution in [2.75, 3.05) is 12.4 Å². The van der Waals surface area contributed by atoms with E-state index in [0.717, 1.165) is 22.4 Å². The zero-order valence-electron chi connectivity index (χ0n) is 17.0. The summed E-state index contributed by atoms with van der Waals surface area (Å²) in [4.78, 5) is 17.5. The van der Waals surface area contributed by atoms with Crippen LogP contribution >= 0.6 is 0 Å². The van der Waals surface area contributed by atoms with Crippen LogP contribution in [-0.2, 0) is 13.0 Å². The number of carbonyl (C=O) groups is 1. The van der Waals surface area contributed by atoms with Gasteiger partial charge in [0.05, 0.1) is 13.5 Å². The number of benzene rings is 3. The Hall–Kier alpha value is -4.00. The SMILES string of the molecule is COc1ccc(-c2nc(NCc3ccc(F)cc3)n(C(=O)Cc3ccccc3)n2)cc1. The van der Waals surface area contributed by atoms with Crippen LogP contribution in [0.25, 0.3) is 11.4 Å². The molecule has 4 aromatic rings. The largest absolute Gasteiger partial charge is 0.497 e. The zero-order valence-corrected chi connectivity index (χ0v) is 17.0. The maximum atomic E-state index is 13.2. The Bertz CT molecular complexity index is 1160. The van der Waals surface area contributed by atoms with Crippen molar-refractivity contribution in [3.8, 4) is 17.1 Å². The minimum atomic E-state index is -0.299. The number of hydrogen-bond donors (Lipinski definition) is 1. The molecular formula is C24H21FN4O2. The molecule has 0 amide bonds. The molecule has 31 heavy (non-hydrogen) atoms. The predicted octanol–water partition coefficient (Wildman–Crippen LogP) is 4.59. The highest BCUT2D eigenvalue weighted by Crippen LogP contribution is 2.22. The quantitative estimate of drug-likeness (QED) is 0.477. The summed E-state index contributed by atoms with van der Waals surface area (Å²) in [5, 5.41) is 7.60. The van der Waals surface area contributed by atoms with Gasteiger partial charge in [-0.25, -0.2) is 4.39 Å². The lowest BCUT2D eigenvalue weighted by Gasteiger charge is -2.07. The molecule has 0 aliphatic heterocycles. The average Bonchev–Trinajstić information content (AvgIpc) is 3.24. The number of halogens is 1. The first kappa shape index (κ1) is 20.3. The van der Waals surface area contributed by atoms with Gasteiger partial charge in [-0.05, 0) is 47.5 Å². The van der Waals surface area contributed by atoms with E-state index in [1.165, 1.54) is 16.8 Å². The van der Waals surface area contributed by atoms with Crippen LogP contribution in [0.1, 0.15) is 15.9 Å². The van der Waals surface area contributed by atoms with Crippen molar-refractivity contribution in [2.24, 2.45) is 0 Å². The van der Waals surface area contributed by atoms with Crippen molar-refractivity contribution < 1.29 is 13.9 Å². The Labute approximate surface area is 179 Å². The predicted molar refractivity (Wildman–Crippen MR) is 117 cm³/mol. The first-order valence-corrected chi connectivity index (χ1v) is 9.79. The first-order valence-electron chi connectivity index (χ1n) is 9.79. The fourth-order valence-corrected chi connectivity index (χ4v) is 3.09. The lowest BCUT2D eigenvalue weighted by Crippen LogP contribution is -2.18. The van der Waals surface area contributed by atoms with Crippen molar-refractivity contribution in [3.63, 3.8) is 0 Å². The molecule has 0 aliphatic rings. The molecule has 3 aromatic carbocycles. The van der Waals surface area contributed by atoms with Gasteiger partial charge in [-0.15, -0.1) is 5.10 Å². The lowest BCUT2D eigenvalue weighted by molar-refractivity contribution is 0.0901. The summed E-state index contributed by atoms with van der Waals surface area (Å²) in [6.07, 6.45) is 0.192. The first-order chi connectivity index (χ1) is 15.1. The minimum Gasteiger partial charge on any atom is -0.497 e. The maximum absolute atomic E-state index is 13.2. The van der Waals surface area contributed by atoms with Gasteiger partial charge in [0.15, 0.2) is 5.82 Å². The van der Waals surface area contributed by atoms with E-state index in [1.54, 1.807) is 19.2 Å². The van der Waals surface area contributed by atoms with Crippen LogP contribution < -0.4 is 10.1 Å². The molecule has 6 nitrogen and oxygen atoms in total. The highest BCUT2D eigenvalue weighted by atomic mass is 19.1. The third-order valence-corrected chi connectivity index (χ3v) is 4.75. The van der Waals surface area contributed by atoms with E-state index in [4.69, 9.17) is 4.74 Å². The number of methoxy groups -OCH3 is 1. The number of rotatable bonds is 7. The Kier molecular flexibility index (Phi) is 6.03. The van der Waals surface area contributed by atoms with E-state index in [-0.39, 0.29) is 18.1 Å². The number of carbonyl (C=O) groups excluding carboxylic acids is 1. The topological polar surface area (TPSA) is 69.0 Å². The van der Waals surface area contributed by atoms with Gasteiger partial charge in [0.2, 0.25) is 5.95 Å². The van der Waals surface area contributed by atoms with Gasteiger partial charge in [-0.3, -0.25) is 4.79 Å². The van der Waals surface area contributed by atoms with Crippen LogP contribution in [0.4, 0.5) is 10.3 Å². The van der Waals surface area contributed by atoms with Gasteiger partial charge in [-0.1, -0.05) is 42.5 Å². The van der Waals surface area contributed by atoms with E-state index in [0.29, 0.717) is 18.3 Å². The number of nitrogens with zero attached hydrogens (tertiary/aromatic N) is 3. The second-order valence-corrected chi connectivity index (χ2v) is 6.94. The van der Waals surface area contributed by atoms with Gasteiger partial charge in [-0.2, -0.15) is 9.67 Å². The molecular weight excluding hydrogens is 395 g/mol. The average molecular weight is 416 g/mol. The van der Waals surface area contributed by atoms with E-state index >= 15 is 0 Å². The molecule has 7 heteroatoms. The van der Waals surface area contributed by atoms with Crippen LogP contribution in [0.2, 0.25) is 0 Å². The Morgan fingerprint density at radius 3 is 2.35 bits per heavy atom. The molecule has 0 saturated heterocycles. The smallest absolute Gasteiger partial charge is 0.254 e. The second-order valence-electron chi connectivity index (χ2n) is 6.94. The summed E-state index contributed by atoms with van der Waals surface area (Å²) < 4.78 is 19.7. The lowest BCUT2D eigenvalue weighted by atomic mass is 10.1. The van der Waals surface area contributed by atoms with Crippen molar-refractivity contribution in [3.05, 3.63) is 95.8 Å². The van der Waals surface area contributed by atoms with Crippen molar-refractivity contribution in [1.82, 2.24) is 14.8 Å². The van der Waals surface area contributed by atoms with Crippen LogP contribution in [0.3, 0.4) is 0 Å². The van der Waals surface area contributed by atoms with Crippen LogP contribution in [-0.4, -0.2) is 27.8 Å². The Morgan fingerprint density at radius 1 is 0.968 bits per heavy atom. The molecule has 0 saturated carbocycles. The minimum absolute atomic E-state index is 0.192. The van der Waals surface area contributed by atoms with Crippen LogP contribution in [0.15, 0.2) is 78.9 Å². The molecule has 1 N–H and O–H groups in total. The molecule has 0 fully saturated rings. The number of hydrogen-bond acceptors (Lipinski definition) is 5. The molecule has 0 bridgehead atoms. The highest BCUT2D eigenvalue weighted by molar-refractivity contribution is 5.83. The molecule has 1 heterocycles. The standard InChI is InChI=1S/C24H21FN4O2/c1-31-21-13-9-19(10-14-21)23-27-24(26-16-18-7-11-20(25)12-8-18)29(28-23)22(30)15-17-5-3-2-4-6-17/h2-14H,15-16H2,1H3,(H,26,27,28). The van der Waals surface area contributed by atoms with Gasteiger partial charge in [0.1, 0.15) is 11.6 Å². The van der Waals surface area contributed by atoms with Crippen molar-refractivity contribution in [1.29, 1.82) is 0 Å². The number of anilines is 1. The van der Waals surface area contributed by atoms with Gasteiger partial charge < -0.3 is 10.1 Å². The van der Waals surface area contributed by atoms with Gasteiger partial charge >= 0.3 is 0 Å². The fraction of sp³-hybridized carbons (Fsp3) is 0.125. The number of nitrogens with one attached hydrogen (secondary N) is 1. The molecule has 0 aliphatic carbocycles. The summed E-state index contributed by atoms with van der Waals surface area (Å²) in [5.41, 5.74) is 2.51. The second kappa shape index (κ2) is 9.21. The molecule has 156 valence electrons. The molecule has 0 unspecified atom stereocenters. The summed E-state index contributed by atoms with van der Waals surface area (Å²) >= 11 is 0. The van der Waals surface area contributed by atoms with Gasteiger partial charge in [0, 0.05) is 12.1 Å². The summed E-state index contributed by atoms with van der Waals surface area (Å²) in [5.74, 6) is 0.964.